The third kappa shape index (κ3) is 4.00. The minimum Gasteiger partial charge on any atom is -0.373 e. The van der Waals surface area contributed by atoms with Crippen LogP contribution in [0, 0.1) is 5.92 Å². The average molecular weight is 268 g/mol. The standard InChI is InChI=1S/C16H22F2O/c1-2-3-4-12-5-10-15(19-11-12)13-6-8-14(9-7-13)16(17)18/h6-9,12,15-16H,2-5,10-11H2,1H3. The molecule has 0 spiro atoms. The predicted molar refractivity (Wildman–Crippen MR) is 72.3 cm³/mol. The summed E-state index contributed by atoms with van der Waals surface area (Å²) in [5, 5.41) is 0. The first-order valence-corrected chi connectivity index (χ1v) is 7.20. The number of halogens is 2. The first-order chi connectivity index (χ1) is 9.20. The van der Waals surface area contributed by atoms with Gasteiger partial charge in [-0.3, -0.25) is 0 Å². The third-order valence-corrected chi connectivity index (χ3v) is 3.90. The fourth-order valence-electron chi connectivity index (χ4n) is 2.65. The minimum atomic E-state index is -2.39. The quantitative estimate of drug-likeness (QED) is 0.705. The lowest BCUT2D eigenvalue weighted by Crippen LogP contribution is -2.20. The Bertz CT molecular complexity index is 367. The van der Waals surface area contributed by atoms with Crippen molar-refractivity contribution in [3.05, 3.63) is 35.4 Å². The number of unbranched alkanes of at least 4 members (excludes halogenated alkanes) is 1. The number of hydrogen-bond donors (Lipinski definition) is 0. The highest BCUT2D eigenvalue weighted by Gasteiger charge is 2.22. The number of hydrogen-bond acceptors (Lipinski definition) is 1. The van der Waals surface area contributed by atoms with Gasteiger partial charge in [-0.25, -0.2) is 8.78 Å². The van der Waals surface area contributed by atoms with Crippen LogP contribution in [-0.2, 0) is 4.74 Å². The van der Waals surface area contributed by atoms with Crippen LogP contribution in [0.5, 0.6) is 0 Å². The number of ether oxygens (including phenoxy) is 1. The van der Waals surface area contributed by atoms with Crippen LogP contribution in [0.15, 0.2) is 24.3 Å². The van der Waals surface area contributed by atoms with E-state index < -0.39 is 6.43 Å². The van der Waals surface area contributed by atoms with Crippen LogP contribution in [-0.4, -0.2) is 6.61 Å². The van der Waals surface area contributed by atoms with Crippen molar-refractivity contribution in [1.82, 2.24) is 0 Å². The summed E-state index contributed by atoms with van der Waals surface area (Å²) in [6, 6.07) is 6.57. The van der Waals surface area contributed by atoms with Crippen molar-refractivity contribution < 1.29 is 13.5 Å². The van der Waals surface area contributed by atoms with Crippen molar-refractivity contribution in [2.45, 2.75) is 51.6 Å². The van der Waals surface area contributed by atoms with Gasteiger partial charge >= 0.3 is 0 Å². The molecule has 0 aromatic heterocycles. The van der Waals surface area contributed by atoms with E-state index in [9.17, 15) is 8.78 Å². The van der Waals surface area contributed by atoms with Gasteiger partial charge in [0.15, 0.2) is 0 Å². The van der Waals surface area contributed by atoms with E-state index in [1.807, 2.05) is 0 Å². The van der Waals surface area contributed by atoms with Crippen molar-refractivity contribution in [3.63, 3.8) is 0 Å². The summed E-state index contributed by atoms with van der Waals surface area (Å²) in [7, 11) is 0. The van der Waals surface area contributed by atoms with Gasteiger partial charge in [0, 0.05) is 5.56 Å². The molecule has 0 saturated carbocycles. The molecule has 0 N–H and O–H groups in total. The predicted octanol–water partition coefficient (Wildman–Crippen LogP) is 5.28. The third-order valence-electron chi connectivity index (χ3n) is 3.90. The molecule has 2 rings (SSSR count). The largest absolute Gasteiger partial charge is 0.373 e. The van der Waals surface area contributed by atoms with Crippen LogP contribution in [0.2, 0.25) is 0 Å². The first-order valence-electron chi connectivity index (χ1n) is 7.20. The molecule has 0 amide bonds. The van der Waals surface area contributed by atoms with E-state index in [0.717, 1.165) is 18.6 Å². The Balaban J connectivity index is 1.87. The van der Waals surface area contributed by atoms with Crippen LogP contribution >= 0.6 is 0 Å². The molecule has 1 fully saturated rings. The normalized spacial score (nSPS) is 23.8. The molecular weight excluding hydrogens is 246 g/mol. The Morgan fingerprint density at radius 1 is 1.21 bits per heavy atom. The maximum absolute atomic E-state index is 12.5. The second-order valence-electron chi connectivity index (χ2n) is 5.37. The van der Waals surface area contributed by atoms with Gasteiger partial charge in [-0.05, 0) is 30.7 Å². The summed E-state index contributed by atoms with van der Waals surface area (Å²) in [6.07, 6.45) is 3.62. The lowest BCUT2D eigenvalue weighted by molar-refractivity contribution is -0.0198. The van der Waals surface area contributed by atoms with Gasteiger partial charge in [0.1, 0.15) is 0 Å². The van der Waals surface area contributed by atoms with Crippen LogP contribution in [0.25, 0.3) is 0 Å². The Hall–Kier alpha value is -0.960. The Labute approximate surface area is 114 Å². The molecule has 2 atom stereocenters. The average Bonchev–Trinajstić information content (AvgIpc) is 2.46. The molecular formula is C16H22F2O. The van der Waals surface area contributed by atoms with Gasteiger partial charge < -0.3 is 4.74 Å². The monoisotopic (exact) mass is 268 g/mol. The molecule has 106 valence electrons. The summed E-state index contributed by atoms with van der Waals surface area (Å²) in [6.45, 7) is 3.01. The fraction of sp³-hybridized carbons (Fsp3) is 0.625. The van der Waals surface area contributed by atoms with E-state index in [1.165, 1.54) is 37.8 Å². The van der Waals surface area contributed by atoms with Gasteiger partial charge in [-0.15, -0.1) is 0 Å². The summed E-state index contributed by atoms with van der Waals surface area (Å²) in [5.41, 5.74) is 1.11. The van der Waals surface area contributed by atoms with Crippen LogP contribution in [0.1, 0.15) is 62.7 Å². The van der Waals surface area contributed by atoms with E-state index in [4.69, 9.17) is 4.74 Å². The second kappa shape index (κ2) is 6.99. The van der Waals surface area contributed by atoms with Gasteiger partial charge in [0.25, 0.3) is 6.43 Å². The Morgan fingerprint density at radius 3 is 2.47 bits per heavy atom. The maximum atomic E-state index is 12.5. The zero-order valence-corrected chi connectivity index (χ0v) is 11.4. The van der Waals surface area contributed by atoms with Crippen molar-refractivity contribution in [2.24, 2.45) is 5.92 Å². The molecule has 1 heterocycles. The summed E-state index contributed by atoms with van der Waals surface area (Å²) in [4.78, 5) is 0. The van der Waals surface area contributed by atoms with Crippen molar-refractivity contribution in [3.8, 4) is 0 Å². The van der Waals surface area contributed by atoms with Crippen LogP contribution < -0.4 is 0 Å². The Morgan fingerprint density at radius 2 is 1.95 bits per heavy atom. The highest BCUT2D eigenvalue weighted by molar-refractivity contribution is 5.25. The van der Waals surface area contributed by atoms with Crippen molar-refractivity contribution in [2.75, 3.05) is 6.61 Å². The molecule has 1 aromatic carbocycles. The Kier molecular flexibility index (Phi) is 5.32. The maximum Gasteiger partial charge on any atom is 0.263 e. The van der Waals surface area contributed by atoms with E-state index in [2.05, 4.69) is 6.92 Å². The molecule has 1 saturated heterocycles. The van der Waals surface area contributed by atoms with E-state index >= 15 is 0 Å². The SMILES string of the molecule is CCCCC1CCC(c2ccc(C(F)F)cc2)OC1. The van der Waals surface area contributed by atoms with E-state index in [1.54, 1.807) is 12.1 Å². The molecule has 2 unspecified atom stereocenters. The molecule has 0 bridgehead atoms. The highest BCUT2D eigenvalue weighted by atomic mass is 19.3. The zero-order valence-electron chi connectivity index (χ0n) is 11.4. The lowest BCUT2D eigenvalue weighted by atomic mass is 9.91. The molecule has 1 nitrogen and oxygen atoms in total. The minimum absolute atomic E-state index is 0.0837. The fourth-order valence-corrected chi connectivity index (χ4v) is 2.65. The van der Waals surface area contributed by atoms with Crippen molar-refractivity contribution in [1.29, 1.82) is 0 Å². The molecule has 1 aromatic rings. The molecule has 19 heavy (non-hydrogen) atoms. The molecule has 3 heteroatoms. The van der Waals surface area contributed by atoms with Crippen molar-refractivity contribution >= 4 is 0 Å². The van der Waals surface area contributed by atoms with Gasteiger partial charge in [0.05, 0.1) is 12.7 Å². The number of alkyl halides is 2. The molecule has 0 radical (unpaired) electrons. The topological polar surface area (TPSA) is 9.23 Å². The molecule has 1 aliphatic rings. The zero-order chi connectivity index (χ0) is 13.7. The van der Waals surface area contributed by atoms with Crippen LogP contribution in [0.3, 0.4) is 0 Å². The van der Waals surface area contributed by atoms with Gasteiger partial charge in [-0.1, -0.05) is 44.0 Å². The number of benzene rings is 1. The second-order valence-corrected chi connectivity index (χ2v) is 5.37. The summed E-state index contributed by atoms with van der Waals surface area (Å²) >= 11 is 0. The summed E-state index contributed by atoms with van der Waals surface area (Å²) < 4.78 is 30.8. The summed E-state index contributed by atoms with van der Waals surface area (Å²) in [5.74, 6) is 0.677. The first kappa shape index (κ1) is 14.4. The molecule has 1 aliphatic heterocycles. The van der Waals surface area contributed by atoms with Gasteiger partial charge in [0.2, 0.25) is 0 Å². The van der Waals surface area contributed by atoms with Crippen LogP contribution in [0.4, 0.5) is 8.78 Å². The smallest absolute Gasteiger partial charge is 0.263 e. The van der Waals surface area contributed by atoms with Gasteiger partial charge in [-0.2, -0.15) is 0 Å². The highest BCUT2D eigenvalue weighted by Crippen LogP contribution is 2.33. The lowest BCUT2D eigenvalue weighted by Gasteiger charge is -2.29. The van der Waals surface area contributed by atoms with E-state index in [-0.39, 0.29) is 11.7 Å². The van der Waals surface area contributed by atoms with E-state index in [0.29, 0.717) is 5.92 Å². The number of rotatable bonds is 5. The molecule has 0 aliphatic carbocycles.